The summed E-state index contributed by atoms with van der Waals surface area (Å²) in [4.78, 5) is 12.5. The number of carbonyl (C=O) groups is 1. The number of nitrogens with one attached hydrogen (secondary N) is 2. The lowest BCUT2D eigenvalue weighted by Crippen LogP contribution is -2.34. The molecule has 2 aromatic carbocycles. The van der Waals surface area contributed by atoms with Gasteiger partial charge in [0.2, 0.25) is 0 Å². The minimum absolute atomic E-state index is 0.219. The largest absolute Gasteiger partial charge is 0.494 e. The highest BCUT2D eigenvalue weighted by molar-refractivity contribution is 9.10. The van der Waals surface area contributed by atoms with Crippen molar-refractivity contribution in [3.05, 3.63) is 52.5 Å². The summed E-state index contributed by atoms with van der Waals surface area (Å²) < 4.78 is 12.1. The molecule has 0 heterocycles. The van der Waals surface area contributed by atoms with Crippen molar-refractivity contribution in [3.8, 4) is 11.5 Å². The van der Waals surface area contributed by atoms with Crippen LogP contribution in [0.4, 0.5) is 5.69 Å². The summed E-state index contributed by atoms with van der Waals surface area (Å²) in [6, 6.07) is 12.7. The van der Waals surface area contributed by atoms with Crippen molar-refractivity contribution in [2.45, 2.75) is 33.6 Å². The number of halogens is 1. The molecule has 29 heavy (non-hydrogen) atoms. The number of amides is 1. The third kappa shape index (κ3) is 8.03. The molecule has 2 N–H and O–H groups in total. The molecular formula is C22H27BrN2O3S. The molecule has 0 bridgehead atoms. The van der Waals surface area contributed by atoms with Gasteiger partial charge in [-0.05, 0) is 77.2 Å². The third-order valence-electron chi connectivity index (χ3n) is 3.94. The molecule has 5 nitrogen and oxygen atoms in total. The van der Waals surface area contributed by atoms with E-state index in [2.05, 4.69) is 40.4 Å². The van der Waals surface area contributed by atoms with Crippen molar-refractivity contribution >= 4 is 44.9 Å². The van der Waals surface area contributed by atoms with E-state index in [-0.39, 0.29) is 11.0 Å². The van der Waals surface area contributed by atoms with Crippen molar-refractivity contribution in [1.29, 1.82) is 0 Å². The molecular weight excluding hydrogens is 452 g/mol. The van der Waals surface area contributed by atoms with Crippen molar-refractivity contribution < 1.29 is 14.3 Å². The Hall–Kier alpha value is -2.12. The fourth-order valence-electron chi connectivity index (χ4n) is 2.38. The second-order valence-electron chi connectivity index (χ2n) is 6.96. The Labute approximate surface area is 186 Å². The summed E-state index contributed by atoms with van der Waals surface area (Å²) in [6.07, 6.45) is 1.91. The number of thiocarbonyl (C=S) groups is 1. The van der Waals surface area contributed by atoms with Gasteiger partial charge >= 0.3 is 0 Å². The number of anilines is 1. The lowest BCUT2D eigenvalue weighted by molar-refractivity contribution is 0.0977. The summed E-state index contributed by atoms with van der Waals surface area (Å²) in [5, 5.41) is 5.93. The Balaban J connectivity index is 1.91. The Bertz CT molecular complexity index is 843. The molecule has 0 radical (unpaired) electrons. The van der Waals surface area contributed by atoms with Crippen LogP contribution < -0.4 is 20.1 Å². The first-order valence-electron chi connectivity index (χ1n) is 9.66. The molecule has 0 saturated carbocycles. The molecule has 0 aliphatic rings. The number of benzene rings is 2. The van der Waals surface area contributed by atoms with E-state index in [0.29, 0.717) is 30.4 Å². The van der Waals surface area contributed by atoms with E-state index in [1.54, 1.807) is 18.2 Å². The standard InChI is InChI=1S/C22H27BrN2O3S/c1-4-11-28-20-9-8-16(13-19(20)23)21(26)25-22(29)24-17-6-5-7-18(14-17)27-12-10-15(2)3/h5-9,13-15H,4,10-12H2,1-3H3,(H2,24,25,26,29). The number of carbonyl (C=O) groups excluding carboxylic acids is 1. The quantitative estimate of drug-likeness (QED) is 0.446. The maximum Gasteiger partial charge on any atom is 0.257 e. The van der Waals surface area contributed by atoms with Crippen LogP contribution in [0, 0.1) is 5.92 Å². The summed E-state index contributed by atoms with van der Waals surface area (Å²) in [6.45, 7) is 7.64. The van der Waals surface area contributed by atoms with E-state index in [1.165, 1.54) is 0 Å². The highest BCUT2D eigenvalue weighted by atomic mass is 79.9. The maximum atomic E-state index is 12.5. The molecule has 0 atom stereocenters. The second kappa shape index (κ2) is 11.8. The zero-order valence-corrected chi connectivity index (χ0v) is 19.4. The minimum Gasteiger partial charge on any atom is -0.494 e. The summed E-state index contributed by atoms with van der Waals surface area (Å²) in [5.41, 5.74) is 1.23. The predicted molar refractivity (Wildman–Crippen MR) is 125 cm³/mol. The summed E-state index contributed by atoms with van der Waals surface area (Å²) in [7, 11) is 0. The maximum absolute atomic E-state index is 12.5. The van der Waals surface area contributed by atoms with Gasteiger partial charge in [-0.15, -0.1) is 0 Å². The average molecular weight is 479 g/mol. The van der Waals surface area contributed by atoms with Gasteiger partial charge in [0.05, 0.1) is 17.7 Å². The average Bonchev–Trinajstić information content (AvgIpc) is 2.67. The molecule has 156 valence electrons. The zero-order valence-electron chi connectivity index (χ0n) is 17.0. The number of ether oxygens (including phenoxy) is 2. The topological polar surface area (TPSA) is 59.6 Å². The van der Waals surface area contributed by atoms with Crippen LogP contribution in [-0.2, 0) is 0 Å². The molecule has 0 unspecified atom stereocenters. The van der Waals surface area contributed by atoms with Crippen LogP contribution in [0.1, 0.15) is 44.0 Å². The van der Waals surface area contributed by atoms with E-state index >= 15 is 0 Å². The molecule has 2 aromatic rings. The van der Waals surface area contributed by atoms with Crippen molar-refractivity contribution in [2.24, 2.45) is 5.92 Å². The Morgan fingerprint density at radius 3 is 2.62 bits per heavy atom. The van der Waals surface area contributed by atoms with E-state index in [0.717, 1.165) is 28.8 Å². The van der Waals surface area contributed by atoms with E-state index in [1.807, 2.05) is 31.2 Å². The van der Waals surface area contributed by atoms with Crippen molar-refractivity contribution in [1.82, 2.24) is 5.32 Å². The SMILES string of the molecule is CCCOc1ccc(C(=O)NC(=S)Nc2cccc(OCCC(C)C)c2)cc1Br. The van der Waals surface area contributed by atoms with Gasteiger partial charge in [0.1, 0.15) is 11.5 Å². The van der Waals surface area contributed by atoms with Gasteiger partial charge in [0.15, 0.2) is 5.11 Å². The monoisotopic (exact) mass is 478 g/mol. The molecule has 1 amide bonds. The van der Waals surface area contributed by atoms with Gasteiger partial charge in [-0.25, -0.2) is 0 Å². The molecule has 0 aromatic heterocycles. The van der Waals surface area contributed by atoms with Crippen LogP contribution in [0.3, 0.4) is 0 Å². The van der Waals surface area contributed by atoms with E-state index < -0.39 is 0 Å². The van der Waals surface area contributed by atoms with Gasteiger partial charge in [-0.2, -0.15) is 0 Å². The van der Waals surface area contributed by atoms with Gasteiger partial charge in [-0.1, -0.05) is 26.8 Å². The minimum atomic E-state index is -0.297. The first-order valence-corrected chi connectivity index (χ1v) is 10.9. The molecule has 0 saturated heterocycles. The molecule has 2 rings (SSSR count). The lowest BCUT2D eigenvalue weighted by Gasteiger charge is -2.13. The first kappa shape index (κ1) is 23.2. The van der Waals surface area contributed by atoms with Gasteiger partial charge < -0.3 is 14.8 Å². The highest BCUT2D eigenvalue weighted by Crippen LogP contribution is 2.26. The smallest absolute Gasteiger partial charge is 0.257 e. The highest BCUT2D eigenvalue weighted by Gasteiger charge is 2.11. The number of rotatable bonds is 9. The van der Waals surface area contributed by atoms with Crippen molar-refractivity contribution in [3.63, 3.8) is 0 Å². The van der Waals surface area contributed by atoms with Gasteiger partial charge in [0, 0.05) is 17.3 Å². The van der Waals surface area contributed by atoms with Crippen LogP contribution in [-0.4, -0.2) is 24.2 Å². The Morgan fingerprint density at radius 2 is 1.93 bits per heavy atom. The Kier molecular flexibility index (Phi) is 9.41. The molecule has 0 fully saturated rings. The fourth-order valence-corrected chi connectivity index (χ4v) is 3.09. The first-order chi connectivity index (χ1) is 13.9. The number of hydrogen-bond donors (Lipinski definition) is 2. The van der Waals surface area contributed by atoms with Gasteiger partial charge in [-0.3, -0.25) is 10.1 Å². The molecule has 0 aliphatic carbocycles. The normalized spacial score (nSPS) is 10.5. The molecule has 0 aliphatic heterocycles. The van der Waals surface area contributed by atoms with Gasteiger partial charge in [0.25, 0.3) is 5.91 Å². The number of hydrogen-bond acceptors (Lipinski definition) is 4. The van der Waals surface area contributed by atoms with E-state index in [4.69, 9.17) is 21.7 Å². The summed E-state index contributed by atoms with van der Waals surface area (Å²) in [5.74, 6) is 1.76. The molecule has 7 heteroatoms. The van der Waals surface area contributed by atoms with Crippen molar-refractivity contribution in [2.75, 3.05) is 18.5 Å². The van der Waals surface area contributed by atoms with Crippen LogP contribution in [0.25, 0.3) is 0 Å². The second-order valence-corrected chi connectivity index (χ2v) is 8.22. The van der Waals surface area contributed by atoms with E-state index in [9.17, 15) is 4.79 Å². The zero-order chi connectivity index (χ0) is 21.2. The lowest BCUT2D eigenvalue weighted by atomic mass is 10.1. The van der Waals surface area contributed by atoms with Crippen LogP contribution in [0.15, 0.2) is 46.9 Å². The summed E-state index contributed by atoms with van der Waals surface area (Å²) >= 11 is 8.71. The van der Waals surface area contributed by atoms with Crippen LogP contribution in [0.5, 0.6) is 11.5 Å². The van der Waals surface area contributed by atoms with Crippen LogP contribution >= 0.6 is 28.1 Å². The Morgan fingerprint density at radius 1 is 1.14 bits per heavy atom. The fraction of sp³-hybridized carbons (Fsp3) is 0.364. The molecule has 0 spiro atoms. The third-order valence-corrected chi connectivity index (χ3v) is 4.76. The predicted octanol–water partition coefficient (Wildman–Crippen LogP) is 5.79. The van der Waals surface area contributed by atoms with Crippen LogP contribution in [0.2, 0.25) is 0 Å².